The Labute approximate surface area is 65.6 Å². The second kappa shape index (κ2) is 6.10. The Morgan fingerprint density at radius 3 is 1.50 bits per heavy atom. The van der Waals surface area contributed by atoms with Crippen LogP contribution in [0, 0.1) is 12.3 Å². The molecule has 6 heavy (non-hydrogen) atoms. The Kier molecular flexibility index (Phi) is 10.3. The molecule has 0 radical (unpaired) electrons. The van der Waals surface area contributed by atoms with Gasteiger partial charge in [0.05, 0.1) is 0 Å². The quantitative estimate of drug-likeness (QED) is 0.513. The van der Waals surface area contributed by atoms with Gasteiger partial charge >= 0.3 is 32.7 Å². The maximum atomic E-state index is 2.17. The molecule has 0 saturated carbocycles. The third-order valence-corrected chi connectivity index (χ3v) is 0.667. The summed E-state index contributed by atoms with van der Waals surface area (Å²) >= 11 is 0. The van der Waals surface area contributed by atoms with Crippen LogP contribution in [0.25, 0.3) is 0 Å². The number of hydrogen-bond donors (Lipinski definition) is 0. The van der Waals surface area contributed by atoms with E-state index in [9.17, 15) is 0 Å². The molecule has 0 aliphatic heterocycles. The minimum Gasteiger partial charge on any atom is -0.329 e. The van der Waals surface area contributed by atoms with Crippen LogP contribution >= 0.6 is 0 Å². The van der Waals surface area contributed by atoms with Crippen molar-refractivity contribution >= 4 is 0 Å². The van der Waals surface area contributed by atoms with E-state index in [1.54, 1.807) is 0 Å². The van der Waals surface area contributed by atoms with Gasteiger partial charge in [-0.3, -0.25) is 0 Å². The molecule has 0 fully saturated rings. The summed E-state index contributed by atoms with van der Waals surface area (Å²) in [6, 6.07) is 0. The third kappa shape index (κ3) is 8.92. The zero-order chi connectivity index (χ0) is 4.28. The van der Waals surface area contributed by atoms with Gasteiger partial charge in [-0.15, -0.1) is 0 Å². The first kappa shape index (κ1) is 10.2. The minimum absolute atomic E-state index is 0. The minimum atomic E-state index is 0. The van der Waals surface area contributed by atoms with Crippen LogP contribution in [0.1, 0.15) is 20.8 Å². The molecular weight excluding hydrogens is 149 g/mol. The van der Waals surface area contributed by atoms with Crippen molar-refractivity contribution in [1.29, 1.82) is 0 Å². The molecule has 0 saturated heterocycles. The summed E-state index contributed by atoms with van der Waals surface area (Å²) in [5, 5.41) is 0. The Bertz CT molecular complexity index is 17.9. The van der Waals surface area contributed by atoms with E-state index in [-0.39, 0.29) is 32.7 Å². The van der Waals surface area contributed by atoms with Gasteiger partial charge in [-0.25, -0.2) is 0 Å². The van der Waals surface area contributed by atoms with Crippen LogP contribution in [0.4, 0.5) is 0 Å². The zero-order valence-electron chi connectivity index (χ0n) is 4.73. The van der Waals surface area contributed by atoms with Crippen LogP contribution in [0.3, 0.4) is 0 Å². The molecule has 0 N–H and O–H groups in total. The predicted octanol–water partition coefficient (Wildman–Crippen LogP) is 1.86. The fourth-order valence-corrected chi connectivity index (χ4v) is 0. The van der Waals surface area contributed by atoms with E-state index in [0.29, 0.717) is 0 Å². The van der Waals surface area contributed by atoms with Gasteiger partial charge in [0, 0.05) is 0 Å². The molecule has 0 aromatic heterocycles. The van der Waals surface area contributed by atoms with Crippen molar-refractivity contribution in [3.8, 4) is 0 Å². The molecule has 32 valence electrons. The molecule has 0 atom stereocenters. The van der Waals surface area contributed by atoms with Crippen LogP contribution in [0.2, 0.25) is 0 Å². The first-order valence-electron chi connectivity index (χ1n) is 2.07. The molecule has 0 aliphatic rings. The Balaban J connectivity index is 0. The molecule has 0 aromatic carbocycles. The van der Waals surface area contributed by atoms with Crippen LogP contribution < -0.4 is 0 Å². The van der Waals surface area contributed by atoms with Gasteiger partial charge in [-0.1, -0.05) is 13.8 Å². The molecule has 0 rings (SSSR count). The Morgan fingerprint density at radius 1 is 1.33 bits per heavy atom. The van der Waals surface area contributed by atoms with E-state index >= 15 is 0 Å². The molecule has 1 heteroatoms. The number of hydrogen-bond acceptors (Lipinski definition) is 0. The van der Waals surface area contributed by atoms with Gasteiger partial charge in [-0.05, 0) is 0 Å². The summed E-state index contributed by atoms with van der Waals surface area (Å²) in [7, 11) is 0. The van der Waals surface area contributed by atoms with E-state index in [2.05, 4.69) is 27.2 Å². The van der Waals surface area contributed by atoms with Crippen molar-refractivity contribution in [2.45, 2.75) is 20.8 Å². The van der Waals surface area contributed by atoms with Crippen LogP contribution in [0.5, 0.6) is 0 Å². The maximum absolute atomic E-state index is 2.17. The molecule has 0 amide bonds. The summed E-state index contributed by atoms with van der Waals surface area (Å²) in [5.74, 6) is 0.759. The summed E-state index contributed by atoms with van der Waals surface area (Å²) in [6.07, 6.45) is 2.17. The summed E-state index contributed by atoms with van der Waals surface area (Å²) < 4.78 is 0. The van der Waals surface area contributed by atoms with E-state index in [4.69, 9.17) is 0 Å². The van der Waals surface area contributed by atoms with Crippen molar-refractivity contribution in [1.82, 2.24) is 0 Å². The molecule has 0 aromatic rings. The fraction of sp³-hybridized carbons (Fsp3) is 0.800. The second-order valence-electron chi connectivity index (χ2n) is 1.58. The van der Waals surface area contributed by atoms with Crippen LogP contribution in [0.15, 0.2) is 0 Å². The summed E-state index contributed by atoms with van der Waals surface area (Å²) in [4.78, 5) is 0. The monoisotopic (exact) mass is 160 g/mol. The van der Waals surface area contributed by atoms with Crippen LogP contribution in [-0.2, 0) is 32.7 Å². The van der Waals surface area contributed by atoms with Gasteiger partial charge in [0.25, 0.3) is 0 Å². The van der Waals surface area contributed by atoms with Crippen molar-refractivity contribution in [2.24, 2.45) is 5.92 Å². The van der Waals surface area contributed by atoms with Crippen molar-refractivity contribution < 1.29 is 32.7 Å². The largest absolute Gasteiger partial charge is 3.00 e. The molecule has 0 unspecified atom stereocenters. The Hall–Kier alpha value is 1.10. The van der Waals surface area contributed by atoms with Crippen molar-refractivity contribution in [3.63, 3.8) is 0 Å². The first-order valence-corrected chi connectivity index (χ1v) is 2.07. The van der Waals surface area contributed by atoms with Gasteiger partial charge < -0.3 is 6.42 Å². The second-order valence-corrected chi connectivity index (χ2v) is 1.58. The first-order chi connectivity index (χ1) is 2.27. The van der Waals surface area contributed by atoms with E-state index in [1.807, 2.05) is 0 Å². The Morgan fingerprint density at radius 2 is 1.50 bits per heavy atom. The van der Waals surface area contributed by atoms with Crippen LogP contribution in [-0.4, -0.2) is 0 Å². The summed E-state index contributed by atoms with van der Waals surface area (Å²) in [5.41, 5.74) is 0. The smallest absolute Gasteiger partial charge is 0.329 e. The average molecular weight is 160 g/mol. The van der Waals surface area contributed by atoms with E-state index < -0.39 is 0 Å². The molecule has 0 bridgehead atoms. The van der Waals surface area contributed by atoms with Gasteiger partial charge in [-0.2, -0.15) is 12.8 Å². The predicted molar refractivity (Wildman–Crippen MR) is 24.8 cm³/mol. The zero-order valence-corrected chi connectivity index (χ0v) is 7.57. The topological polar surface area (TPSA) is 0 Å². The van der Waals surface area contributed by atoms with Gasteiger partial charge in [0.1, 0.15) is 0 Å². The fourth-order valence-electron chi connectivity index (χ4n) is 0. The SMILES string of the molecule is C[CH-]C(C)C.[Y+3]. The maximum Gasteiger partial charge on any atom is 3.00 e. The summed E-state index contributed by atoms with van der Waals surface area (Å²) in [6.45, 7) is 6.41. The average Bonchev–Trinajstić information content (AvgIpc) is 1.38. The van der Waals surface area contributed by atoms with E-state index in [1.165, 1.54) is 0 Å². The molecule has 0 nitrogen and oxygen atoms in total. The number of rotatable bonds is 1. The van der Waals surface area contributed by atoms with Crippen molar-refractivity contribution in [3.05, 3.63) is 6.42 Å². The molecule has 0 heterocycles. The van der Waals surface area contributed by atoms with Gasteiger partial charge in [0.15, 0.2) is 0 Å². The standard InChI is InChI=1S/C5H11.Y/c1-4-5(2)3;/h4-5H,1-3H3;/q-1;+3. The van der Waals surface area contributed by atoms with E-state index in [0.717, 1.165) is 5.92 Å². The normalized spacial score (nSPS) is 8.00. The van der Waals surface area contributed by atoms with Gasteiger partial charge in [0.2, 0.25) is 0 Å². The third-order valence-electron chi connectivity index (χ3n) is 0.667. The molecule has 0 spiro atoms. The molecule has 0 aliphatic carbocycles. The van der Waals surface area contributed by atoms with Crippen molar-refractivity contribution in [2.75, 3.05) is 0 Å². The molecular formula is C5H11Y+2.